The highest BCUT2D eigenvalue weighted by atomic mass is 32.2. The van der Waals surface area contributed by atoms with Gasteiger partial charge >= 0.3 is 18.2 Å². The molecule has 10 aromatic rings. The summed E-state index contributed by atoms with van der Waals surface area (Å²) in [6.45, 7) is 9.47. The molecule has 0 spiro atoms. The highest BCUT2D eigenvalue weighted by Gasteiger charge is 2.43. The molecule has 2 unspecified atom stereocenters. The molecule has 2 aliphatic carbocycles. The number of aromatic amines is 2. The van der Waals surface area contributed by atoms with Crippen LogP contribution in [0.4, 0.5) is 26.3 Å². The summed E-state index contributed by atoms with van der Waals surface area (Å²) >= 11 is 1.88. The molecule has 14 rings (SSSR count). The van der Waals surface area contributed by atoms with Crippen LogP contribution in [0, 0.1) is 0 Å². The molecule has 39 heteroatoms. The minimum Gasteiger partial charge on any atom is -0.471 e. The average molecular weight is 1930 g/mol. The van der Waals surface area contributed by atoms with Crippen molar-refractivity contribution in [2.24, 2.45) is 5.73 Å². The molecule has 139 heavy (non-hydrogen) atoms. The third-order valence-corrected chi connectivity index (χ3v) is 25.3. The van der Waals surface area contributed by atoms with Crippen LogP contribution < -0.4 is 69.2 Å². The number of imidazole rings is 2. The third kappa shape index (κ3) is 33.5. The molecule has 4 aliphatic rings. The highest BCUT2D eigenvalue weighted by Crippen LogP contribution is 2.46. The Morgan fingerprint density at radius 2 is 0.813 bits per heavy atom. The fourth-order valence-electron chi connectivity index (χ4n) is 16.6. The zero-order chi connectivity index (χ0) is 96.8. The Labute approximate surface area is 812 Å². The van der Waals surface area contributed by atoms with Crippen LogP contribution in [-0.2, 0) is 93.0 Å². The molecule has 2 aliphatic heterocycles. The smallest absolute Gasteiger partial charge is 0.407 e. The molecule has 0 bridgehead atoms. The van der Waals surface area contributed by atoms with E-state index >= 15 is 0 Å². The van der Waals surface area contributed by atoms with E-state index in [0.717, 1.165) is 82.4 Å². The van der Waals surface area contributed by atoms with Crippen molar-refractivity contribution in [2.75, 3.05) is 156 Å². The Morgan fingerprint density at radius 3 is 1.29 bits per heavy atom. The second-order valence-corrected chi connectivity index (χ2v) is 35.1. The molecule has 8 amide bonds. The van der Waals surface area contributed by atoms with Crippen LogP contribution in [0.3, 0.4) is 0 Å². The van der Waals surface area contributed by atoms with Gasteiger partial charge in [0.2, 0.25) is 47.3 Å². The van der Waals surface area contributed by atoms with Gasteiger partial charge < -0.3 is 127 Å². The minimum atomic E-state index is -0.770. The SMILES string of the molecule is Nc1nc(OCc2ccc(COCCOCCOCCOCCNC(=O)C(CCCCNC(=O)OCC3c4ccccc4-c4ccccc43)NC(=O)CCCCCNC(=O)CCCC[C@H]3SC[C@H]4NC(=O)N[C@H]43)cc2)c2[nH]cnc2n1.Nc1nc(OCc2ccc(COCCOCCOCCOCCNC(=O)C(N)CCCCNC(=O)OCC3c4ccccc4-c4ccccc43)cc2)c2[nH]cnc2n1. The number of benzene rings is 6. The number of fused-ring (bicyclic) bond motifs is 9. The van der Waals surface area contributed by atoms with E-state index in [2.05, 4.69) is 131 Å². The molecule has 4 aromatic heterocycles. The summed E-state index contributed by atoms with van der Waals surface area (Å²) in [5, 5.41) is 23.6. The maximum absolute atomic E-state index is 13.4. The predicted octanol–water partition coefficient (Wildman–Crippen LogP) is 10.0. The quantitative estimate of drug-likeness (QED) is 0.0124. The lowest BCUT2D eigenvalue weighted by Crippen LogP contribution is -2.47. The summed E-state index contributed by atoms with van der Waals surface area (Å²) in [6, 6.07) is 47.5. The lowest BCUT2D eigenvalue weighted by molar-refractivity contribution is -0.129. The fourth-order valence-corrected chi connectivity index (χ4v) is 18.1. The molecule has 38 nitrogen and oxygen atoms in total. The Hall–Kier alpha value is -12.7. The zero-order valence-electron chi connectivity index (χ0n) is 78.4. The van der Waals surface area contributed by atoms with E-state index in [1.807, 2.05) is 109 Å². The van der Waals surface area contributed by atoms with E-state index in [9.17, 15) is 33.6 Å². The van der Waals surface area contributed by atoms with Gasteiger partial charge in [0, 0.05) is 68.4 Å². The normalized spacial score (nSPS) is 14.8. The average Bonchev–Trinajstić information content (AvgIpc) is 1.62. The van der Waals surface area contributed by atoms with E-state index in [4.69, 9.17) is 74.0 Å². The summed E-state index contributed by atoms with van der Waals surface area (Å²) in [4.78, 5) is 119. The number of ether oxygens (including phenoxy) is 12. The number of carbonyl (C=O) groups excluding carboxylic acids is 7. The molecule has 6 heterocycles. The number of amides is 8. The second-order valence-electron chi connectivity index (χ2n) is 33.8. The number of nitrogens with two attached hydrogens (primary N) is 3. The topological polar surface area (TPSA) is 513 Å². The molecule has 5 atom stereocenters. The van der Waals surface area contributed by atoms with Crippen LogP contribution in [0.1, 0.15) is 146 Å². The number of H-pyrrole nitrogens is 2. The molecule has 0 radical (unpaired) electrons. The number of alkyl carbamates (subject to hydrolysis) is 2. The lowest BCUT2D eigenvalue weighted by atomic mass is 9.98. The molecule has 2 saturated heterocycles. The Kier molecular flexibility index (Phi) is 42.5. The molecular weight excluding hydrogens is 1800 g/mol. The van der Waals surface area contributed by atoms with Crippen molar-refractivity contribution in [3.63, 3.8) is 0 Å². The van der Waals surface area contributed by atoms with Crippen molar-refractivity contribution in [3.05, 3.63) is 203 Å². The number of unbranched alkanes of at least 4 members (excludes halogenated alkanes) is 5. The highest BCUT2D eigenvalue weighted by molar-refractivity contribution is 8.00. The van der Waals surface area contributed by atoms with Gasteiger partial charge in [-0.2, -0.15) is 31.7 Å². The summed E-state index contributed by atoms with van der Waals surface area (Å²) in [7, 11) is 0. The number of nitrogens with one attached hydrogen (secondary N) is 10. The van der Waals surface area contributed by atoms with Crippen LogP contribution in [0.2, 0.25) is 0 Å². The number of carbonyl (C=O) groups is 7. The van der Waals surface area contributed by atoms with E-state index < -0.39 is 24.3 Å². The van der Waals surface area contributed by atoms with E-state index in [1.165, 1.54) is 34.9 Å². The summed E-state index contributed by atoms with van der Waals surface area (Å²) < 4.78 is 68.0. The van der Waals surface area contributed by atoms with Crippen molar-refractivity contribution in [1.29, 1.82) is 0 Å². The number of urea groups is 1. The molecule has 6 aromatic carbocycles. The lowest BCUT2D eigenvalue weighted by Gasteiger charge is -2.19. The van der Waals surface area contributed by atoms with Crippen molar-refractivity contribution < 1.29 is 90.4 Å². The third-order valence-electron chi connectivity index (χ3n) is 23.8. The number of anilines is 2. The molecule has 2 fully saturated rings. The maximum Gasteiger partial charge on any atom is 0.407 e. The van der Waals surface area contributed by atoms with Crippen molar-refractivity contribution in [3.8, 4) is 34.0 Å². The number of hydrogen-bond donors (Lipinski definition) is 13. The van der Waals surface area contributed by atoms with Gasteiger partial charge in [-0.05, 0) is 131 Å². The molecular formula is C100H129N19O19S. The minimum absolute atomic E-state index is 0.0170. The first-order chi connectivity index (χ1) is 68.1. The van der Waals surface area contributed by atoms with Gasteiger partial charge in [-0.1, -0.05) is 158 Å². The van der Waals surface area contributed by atoms with Crippen LogP contribution in [0.15, 0.2) is 158 Å². The van der Waals surface area contributed by atoms with Crippen LogP contribution in [0.25, 0.3) is 44.6 Å². The molecule has 0 saturated carbocycles. The first-order valence-electron chi connectivity index (χ1n) is 47.8. The van der Waals surface area contributed by atoms with Gasteiger partial charge in [-0.15, -0.1) is 0 Å². The van der Waals surface area contributed by atoms with E-state index in [0.29, 0.717) is 229 Å². The van der Waals surface area contributed by atoms with Crippen molar-refractivity contribution in [2.45, 2.75) is 158 Å². The number of aromatic nitrogens is 8. The second kappa shape index (κ2) is 57.0. The standard InChI is InChI=1S/C58H77N11O11S.C42H52N8O8/c59-56-68-53-52(63-38-64-53)55(69-56)79-35-40-22-20-39(21-23-40)34-78-33-32-77-31-30-76-29-28-75-27-26-61-54(72)46(16-9-11-25-62-58(74)80-36-45-43-14-5-3-12-41(43)42-13-4-6-15-44(42)45)65-50(71)19-2-1-10-24-60-49(70)18-8-7-17-48-51-47(37-81-48)66-57(73)67-51;43-36(11-5-6-16-46-42(52)58-27-35-33-9-3-1-7-31(33)32-8-2-4-10-34(32)35)39(51)45-17-18-53-19-20-54-21-22-55-23-24-56-25-29-12-14-30(15-13-29)26-57-40-37-38(48-28-47-37)49-41(44)50-40/h3-6,12-15,20-23,38,45-48,51H,1-2,7-11,16-19,24-37H2,(H,60,70)(H,61,72)(H,62,74)(H,65,71)(H2,66,67,73)(H3,59,63,64,68,69);1-4,7-10,12-15,28,35-36H,5-6,11,16-27,43H2,(H,45,51)(H,46,52)(H3,44,47,48,49,50)/t46?,47-,48-,51-;/m1./s1. The Balaban J connectivity index is 0.000000248. The summed E-state index contributed by atoms with van der Waals surface area (Å²) in [6.07, 6.45) is 11.0. The number of rotatable bonds is 62. The maximum atomic E-state index is 13.4. The monoisotopic (exact) mass is 1930 g/mol. The van der Waals surface area contributed by atoms with Crippen LogP contribution in [-0.4, -0.2) is 255 Å². The van der Waals surface area contributed by atoms with Crippen molar-refractivity contribution >= 4 is 87.8 Å². The summed E-state index contributed by atoms with van der Waals surface area (Å²) in [5.41, 5.74) is 32.9. The van der Waals surface area contributed by atoms with Gasteiger partial charge in [0.15, 0.2) is 11.3 Å². The fraction of sp³-hybridized carbons (Fsp3) is 0.470. The molecule has 16 N–H and O–H groups in total. The van der Waals surface area contributed by atoms with E-state index in [-0.39, 0.29) is 98.3 Å². The van der Waals surface area contributed by atoms with Gasteiger partial charge in [0.1, 0.15) is 43.5 Å². The van der Waals surface area contributed by atoms with Crippen LogP contribution >= 0.6 is 11.8 Å². The van der Waals surface area contributed by atoms with Crippen molar-refractivity contribution in [1.82, 2.24) is 82.4 Å². The summed E-state index contributed by atoms with van der Waals surface area (Å²) in [5.74, 6) is 1.05. The van der Waals surface area contributed by atoms with E-state index in [1.54, 1.807) is 0 Å². The number of hydrogen-bond acceptors (Lipinski definition) is 29. The number of nitrogens with zero attached hydrogens (tertiary/aromatic N) is 6. The largest absolute Gasteiger partial charge is 0.471 e. The predicted molar refractivity (Wildman–Crippen MR) is 523 cm³/mol. The van der Waals surface area contributed by atoms with Gasteiger partial charge in [0.25, 0.3) is 0 Å². The first-order valence-corrected chi connectivity index (χ1v) is 48.9. The zero-order valence-corrected chi connectivity index (χ0v) is 79.2. The van der Waals surface area contributed by atoms with Gasteiger partial charge in [-0.3, -0.25) is 19.2 Å². The first kappa shape index (κ1) is 104. The van der Waals surface area contributed by atoms with Crippen LogP contribution in [0.5, 0.6) is 11.8 Å². The molecule has 744 valence electrons. The van der Waals surface area contributed by atoms with Gasteiger partial charge in [-0.25, -0.2) is 24.4 Å². The number of thioether (sulfide) groups is 1. The Morgan fingerprint density at radius 1 is 0.410 bits per heavy atom. The van der Waals surface area contributed by atoms with Gasteiger partial charge in [0.05, 0.1) is 136 Å². The number of nitrogen functional groups attached to an aromatic ring is 2. The Bertz CT molecular complexity index is 5420.